The summed E-state index contributed by atoms with van der Waals surface area (Å²) in [6.07, 6.45) is 3.80. The summed E-state index contributed by atoms with van der Waals surface area (Å²) in [5.74, 6) is 0.259. The van der Waals surface area contributed by atoms with E-state index < -0.39 is 5.82 Å². The van der Waals surface area contributed by atoms with Gasteiger partial charge in [0.15, 0.2) is 11.6 Å². The van der Waals surface area contributed by atoms with Crippen LogP contribution in [-0.4, -0.2) is 51.2 Å². The second kappa shape index (κ2) is 5.16. The van der Waals surface area contributed by atoms with E-state index in [1.165, 1.54) is 6.20 Å². The predicted molar refractivity (Wildman–Crippen MR) is 76.0 cm³/mol. The van der Waals surface area contributed by atoms with Gasteiger partial charge >= 0.3 is 0 Å². The fourth-order valence-corrected chi connectivity index (χ4v) is 3.05. The van der Waals surface area contributed by atoms with Gasteiger partial charge in [0.2, 0.25) is 5.95 Å². The van der Waals surface area contributed by atoms with Crippen molar-refractivity contribution in [3.05, 3.63) is 23.9 Å². The van der Waals surface area contributed by atoms with Crippen molar-refractivity contribution in [2.45, 2.75) is 25.2 Å². The van der Waals surface area contributed by atoms with Gasteiger partial charge in [-0.1, -0.05) is 5.21 Å². The van der Waals surface area contributed by atoms with Crippen molar-refractivity contribution in [3.8, 4) is 0 Å². The number of anilines is 2. The van der Waals surface area contributed by atoms with E-state index in [4.69, 9.17) is 4.74 Å². The van der Waals surface area contributed by atoms with E-state index in [-0.39, 0.29) is 18.0 Å². The molecule has 0 spiro atoms. The minimum Gasteiger partial charge on any atom is -0.371 e. The minimum atomic E-state index is -0.456. The molecule has 0 radical (unpaired) electrons. The van der Waals surface area contributed by atoms with Gasteiger partial charge in [0, 0.05) is 20.1 Å². The lowest BCUT2D eigenvalue weighted by Crippen LogP contribution is -2.49. The van der Waals surface area contributed by atoms with Crippen LogP contribution in [0.4, 0.5) is 16.2 Å². The molecule has 2 atom stereocenters. The first kappa shape index (κ1) is 13.4. The van der Waals surface area contributed by atoms with E-state index in [1.807, 2.05) is 9.58 Å². The van der Waals surface area contributed by atoms with Crippen LogP contribution in [0.3, 0.4) is 0 Å². The van der Waals surface area contributed by atoms with Gasteiger partial charge in [-0.25, -0.2) is 14.1 Å². The number of rotatable bonds is 2. The van der Waals surface area contributed by atoms with Crippen LogP contribution in [0.25, 0.3) is 0 Å². The fourth-order valence-electron chi connectivity index (χ4n) is 3.05. The third-order valence-corrected chi connectivity index (χ3v) is 4.18. The molecular weight excluding hydrogens is 289 g/mol. The van der Waals surface area contributed by atoms with Gasteiger partial charge in [-0.15, -0.1) is 5.10 Å². The van der Waals surface area contributed by atoms with Crippen LogP contribution < -0.4 is 10.2 Å². The maximum atomic E-state index is 13.5. The molecule has 8 nitrogen and oxygen atoms in total. The minimum absolute atomic E-state index is 0.00892. The Hall–Kier alpha value is -2.29. The lowest BCUT2D eigenvalue weighted by atomic mass is 10.0. The molecule has 1 fully saturated rings. The molecule has 2 aliphatic heterocycles. The first-order valence-corrected chi connectivity index (χ1v) is 7.22. The predicted octanol–water partition coefficient (Wildman–Crippen LogP) is 0.599. The lowest BCUT2D eigenvalue weighted by Gasteiger charge is -2.40. The maximum absolute atomic E-state index is 13.5. The quantitative estimate of drug-likeness (QED) is 0.870. The van der Waals surface area contributed by atoms with Gasteiger partial charge in [-0.3, -0.25) is 0 Å². The van der Waals surface area contributed by atoms with Crippen molar-refractivity contribution < 1.29 is 9.13 Å². The van der Waals surface area contributed by atoms with Crippen molar-refractivity contribution in [1.82, 2.24) is 25.0 Å². The van der Waals surface area contributed by atoms with Crippen LogP contribution in [0.1, 0.15) is 18.2 Å². The van der Waals surface area contributed by atoms with E-state index in [2.05, 4.69) is 25.6 Å². The molecule has 0 amide bonds. The van der Waals surface area contributed by atoms with E-state index in [0.717, 1.165) is 18.7 Å². The van der Waals surface area contributed by atoms with Crippen LogP contribution in [0.2, 0.25) is 0 Å². The lowest BCUT2D eigenvalue weighted by molar-refractivity contribution is -0.0336. The second-order valence-electron chi connectivity index (χ2n) is 5.44. The summed E-state index contributed by atoms with van der Waals surface area (Å²) in [6, 6.07) is 0.187. The zero-order valence-corrected chi connectivity index (χ0v) is 12.1. The Kier molecular flexibility index (Phi) is 3.14. The summed E-state index contributed by atoms with van der Waals surface area (Å²) >= 11 is 0. The summed E-state index contributed by atoms with van der Waals surface area (Å²) in [6.45, 7) is 1.92. The van der Waals surface area contributed by atoms with Crippen molar-refractivity contribution in [2.24, 2.45) is 0 Å². The highest BCUT2D eigenvalue weighted by Crippen LogP contribution is 2.31. The molecule has 4 rings (SSSR count). The molecule has 2 aromatic rings. The fraction of sp³-hybridized carbons (Fsp3) is 0.538. The molecule has 0 aromatic carbocycles. The Bertz CT molecular complexity index is 691. The molecule has 0 unspecified atom stereocenters. The molecule has 116 valence electrons. The maximum Gasteiger partial charge on any atom is 0.227 e. The van der Waals surface area contributed by atoms with Gasteiger partial charge in [0.25, 0.3) is 0 Å². The zero-order chi connectivity index (χ0) is 15.1. The third-order valence-electron chi connectivity index (χ3n) is 4.18. The van der Waals surface area contributed by atoms with Gasteiger partial charge in [0.05, 0.1) is 36.8 Å². The highest BCUT2D eigenvalue weighted by Gasteiger charge is 2.37. The average Bonchev–Trinajstić information content (AvgIpc) is 3.03. The van der Waals surface area contributed by atoms with Gasteiger partial charge in [0.1, 0.15) is 0 Å². The first-order valence-electron chi connectivity index (χ1n) is 7.22. The number of aromatic nitrogens is 5. The monoisotopic (exact) mass is 305 g/mol. The van der Waals surface area contributed by atoms with Crippen LogP contribution in [0.5, 0.6) is 0 Å². The number of piperidine rings is 1. The summed E-state index contributed by atoms with van der Waals surface area (Å²) in [7, 11) is 1.64. The number of nitrogens with one attached hydrogen (secondary N) is 1. The first-order chi connectivity index (χ1) is 10.8. The van der Waals surface area contributed by atoms with Crippen LogP contribution >= 0.6 is 0 Å². The molecule has 1 saturated heterocycles. The molecular formula is C13H16FN7O. The van der Waals surface area contributed by atoms with Crippen molar-refractivity contribution in [1.29, 1.82) is 0 Å². The number of hydrogen-bond acceptors (Lipinski definition) is 7. The summed E-state index contributed by atoms with van der Waals surface area (Å²) < 4.78 is 21.4. The topological polar surface area (TPSA) is 81.0 Å². The SMILES string of the molecule is CNc1nc(N2CC[C@H]3[C@H](C2)OCc2cnnn23)ncc1F. The zero-order valence-electron chi connectivity index (χ0n) is 12.1. The molecule has 0 aliphatic carbocycles. The Morgan fingerprint density at radius 3 is 3.18 bits per heavy atom. The Labute approximate surface area is 126 Å². The van der Waals surface area contributed by atoms with E-state index in [9.17, 15) is 4.39 Å². The molecule has 2 aliphatic rings. The highest BCUT2D eigenvalue weighted by atomic mass is 19.1. The summed E-state index contributed by atoms with van der Waals surface area (Å²) in [5, 5.41) is 10.8. The molecule has 2 aromatic heterocycles. The van der Waals surface area contributed by atoms with Crippen molar-refractivity contribution >= 4 is 11.8 Å². The van der Waals surface area contributed by atoms with Crippen LogP contribution in [0, 0.1) is 5.82 Å². The van der Waals surface area contributed by atoms with Crippen LogP contribution in [0.15, 0.2) is 12.4 Å². The third kappa shape index (κ3) is 2.08. The van der Waals surface area contributed by atoms with Gasteiger partial charge < -0.3 is 15.0 Å². The molecule has 0 bridgehead atoms. The summed E-state index contributed by atoms with van der Waals surface area (Å²) in [5.41, 5.74) is 1.00. The van der Waals surface area contributed by atoms with Crippen molar-refractivity contribution in [3.63, 3.8) is 0 Å². The van der Waals surface area contributed by atoms with Gasteiger partial charge in [-0.05, 0) is 6.42 Å². The molecule has 4 heterocycles. The Morgan fingerprint density at radius 2 is 2.32 bits per heavy atom. The Balaban J connectivity index is 1.56. The van der Waals surface area contributed by atoms with Crippen molar-refractivity contribution in [2.75, 3.05) is 30.4 Å². The average molecular weight is 305 g/mol. The molecule has 1 N–H and O–H groups in total. The smallest absolute Gasteiger partial charge is 0.227 e. The number of ether oxygens (including phenoxy) is 1. The second-order valence-corrected chi connectivity index (χ2v) is 5.44. The number of halogens is 1. The van der Waals surface area contributed by atoms with Crippen LogP contribution in [-0.2, 0) is 11.3 Å². The Morgan fingerprint density at radius 1 is 1.41 bits per heavy atom. The molecule has 0 saturated carbocycles. The highest BCUT2D eigenvalue weighted by molar-refractivity contribution is 5.42. The number of hydrogen-bond donors (Lipinski definition) is 1. The summed E-state index contributed by atoms with van der Waals surface area (Å²) in [4.78, 5) is 10.3. The molecule has 22 heavy (non-hydrogen) atoms. The largest absolute Gasteiger partial charge is 0.371 e. The van der Waals surface area contributed by atoms with E-state index in [1.54, 1.807) is 13.2 Å². The number of nitrogens with zero attached hydrogens (tertiary/aromatic N) is 6. The number of fused-ring (bicyclic) bond motifs is 3. The van der Waals surface area contributed by atoms with Gasteiger partial charge in [-0.2, -0.15) is 4.98 Å². The normalized spacial score (nSPS) is 23.8. The molecule has 9 heteroatoms. The standard InChI is InChI=1S/C13H16FN7O/c1-15-12-9(14)5-16-13(18-12)20-3-2-10-11(6-20)22-7-8-4-17-19-21(8)10/h4-5,10-11H,2-3,6-7H2,1H3,(H,15,16,18)/t10-,11-/m0/s1. The van der Waals surface area contributed by atoms with E-state index >= 15 is 0 Å². The van der Waals surface area contributed by atoms with E-state index in [0.29, 0.717) is 19.1 Å².